The summed E-state index contributed by atoms with van der Waals surface area (Å²) in [5.41, 5.74) is 0.630. The van der Waals surface area contributed by atoms with Crippen molar-refractivity contribution in [1.82, 2.24) is 15.4 Å². The van der Waals surface area contributed by atoms with Gasteiger partial charge in [0.15, 0.2) is 0 Å². The fourth-order valence-electron chi connectivity index (χ4n) is 0.482. The van der Waals surface area contributed by atoms with E-state index in [9.17, 15) is 4.79 Å². The van der Waals surface area contributed by atoms with E-state index in [-0.39, 0.29) is 5.92 Å². The normalized spacial score (nSPS) is 13.0. The van der Waals surface area contributed by atoms with Gasteiger partial charge in [-0.15, -0.1) is 5.10 Å². The Bertz CT molecular complexity index is 182. The first-order chi connectivity index (χ1) is 4.34. The molecule has 9 heavy (non-hydrogen) atoms. The van der Waals surface area contributed by atoms with Crippen molar-refractivity contribution in [2.75, 3.05) is 0 Å². The summed E-state index contributed by atoms with van der Waals surface area (Å²) in [5.74, 6) is -0.274. The number of hydrogen-bond acceptors (Lipinski definition) is 3. The van der Waals surface area contributed by atoms with Gasteiger partial charge in [-0.1, -0.05) is 5.21 Å². The van der Waals surface area contributed by atoms with Crippen molar-refractivity contribution < 1.29 is 4.79 Å². The zero-order valence-electron chi connectivity index (χ0n) is 4.96. The van der Waals surface area contributed by atoms with Crippen molar-refractivity contribution in [2.24, 2.45) is 0 Å². The van der Waals surface area contributed by atoms with Gasteiger partial charge in [0.05, 0.1) is 11.6 Å². The third kappa shape index (κ3) is 1.13. The van der Waals surface area contributed by atoms with Gasteiger partial charge in [-0.05, 0) is 6.92 Å². The summed E-state index contributed by atoms with van der Waals surface area (Å²) >= 11 is 0. The molecular formula is C5H6N3O. The highest BCUT2D eigenvalue weighted by atomic mass is 16.1. The summed E-state index contributed by atoms with van der Waals surface area (Å²) in [7, 11) is 0. The van der Waals surface area contributed by atoms with Crippen LogP contribution in [0.15, 0.2) is 6.20 Å². The molecule has 0 aromatic carbocycles. The van der Waals surface area contributed by atoms with E-state index in [1.54, 1.807) is 19.4 Å². The lowest BCUT2D eigenvalue weighted by molar-refractivity contribution is 0.545. The standard InChI is InChI=1S/C5H6N3O/c1-4(3-9)5-2-6-8-7-5/h2,4H,1H3,(H,6,7,8). The van der Waals surface area contributed by atoms with E-state index in [0.717, 1.165) is 0 Å². The van der Waals surface area contributed by atoms with E-state index in [2.05, 4.69) is 15.4 Å². The second-order valence-electron chi connectivity index (χ2n) is 1.74. The Morgan fingerprint density at radius 2 is 2.67 bits per heavy atom. The number of nitrogens with one attached hydrogen (secondary N) is 1. The van der Waals surface area contributed by atoms with Crippen LogP contribution in [-0.2, 0) is 4.79 Å². The zero-order chi connectivity index (χ0) is 6.69. The van der Waals surface area contributed by atoms with Crippen LogP contribution in [0.3, 0.4) is 0 Å². The van der Waals surface area contributed by atoms with Gasteiger partial charge in [-0.2, -0.15) is 0 Å². The van der Waals surface area contributed by atoms with Gasteiger partial charge < -0.3 is 0 Å². The smallest absolute Gasteiger partial charge is 0.207 e. The Morgan fingerprint density at radius 1 is 1.89 bits per heavy atom. The highest BCUT2D eigenvalue weighted by Gasteiger charge is 2.05. The maximum Gasteiger partial charge on any atom is 0.207 e. The molecule has 1 rings (SSSR count). The zero-order valence-corrected chi connectivity index (χ0v) is 4.96. The van der Waals surface area contributed by atoms with E-state index < -0.39 is 0 Å². The molecule has 0 aliphatic heterocycles. The van der Waals surface area contributed by atoms with Crippen LogP contribution in [0.5, 0.6) is 0 Å². The van der Waals surface area contributed by atoms with Gasteiger partial charge in [0.1, 0.15) is 0 Å². The Balaban J connectivity index is 2.76. The molecule has 0 saturated carbocycles. The molecule has 0 spiro atoms. The Hall–Kier alpha value is -1.19. The molecule has 1 heterocycles. The van der Waals surface area contributed by atoms with Crippen molar-refractivity contribution in [3.8, 4) is 0 Å². The lowest BCUT2D eigenvalue weighted by Crippen LogP contribution is -1.93. The molecule has 1 atom stereocenters. The molecule has 1 N–H and O–H groups in total. The quantitative estimate of drug-likeness (QED) is 0.604. The minimum Gasteiger partial charge on any atom is -0.290 e. The Labute approximate surface area is 52.3 Å². The van der Waals surface area contributed by atoms with Gasteiger partial charge in [0.25, 0.3) is 0 Å². The Morgan fingerprint density at radius 3 is 3.11 bits per heavy atom. The number of carbonyl (C=O) groups excluding carboxylic acids is 1. The first-order valence-electron chi connectivity index (χ1n) is 2.58. The summed E-state index contributed by atoms with van der Waals surface area (Å²) in [4.78, 5) is 10.00. The topological polar surface area (TPSA) is 58.6 Å². The van der Waals surface area contributed by atoms with Crippen LogP contribution in [0.2, 0.25) is 0 Å². The van der Waals surface area contributed by atoms with Gasteiger partial charge in [-0.3, -0.25) is 9.89 Å². The summed E-state index contributed by atoms with van der Waals surface area (Å²) in [6.45, 7) is 1.71. The number of aromatic amines is 1. The van der Waals surface area contributed by atoms with Crippen molar-refractivity contribution >= 4 is 6.29 Å². The van der Waals surface area contributed by atoms with Crippen LogP contribution in [0.1, 0.15) is 18.5 Å². The second-order valence-corrected chi connectivity index (χ2v) is 1.74. The van der Waals surface area contributed by atoms with Crippen molar-refractivity contribution in [1.29, 1.82) is 0 Å². The molecule has 0 amide bonds. The van der Waals surface area contributed by atoms with Gasteiger partial charge in [0, 0.05) is 6.20 Å². The molecule has 0 aliphatic rings. The van der Waals surface area contributed by atoms with Crippen molar-refractivity contribution in [2.45, 2.75) is 12.8 Å². The van der Waals surface area contributed by atoms with Crippen LogP contribution in [0.25, 0.3) is 0 Å². The highest BCUT2D eigenvalue weighted by Crippen LogP contribution is 2.04. The third-order valence-electron chi connectivity index (χ3n) is 1.06. The molecule has 1 aromatic heterocycles. The van der Waals surface area contributed by atoms with Crippen LogP contribution in [0.4, 0.5) is 0 Å². The molecule has 1 radical (unpaired) electrons. The lowest BCUT2D eigenvalue weighted by Gasteiger charge is -1.90. The van der Waals surface area contributed by atoms with Crippen molar-refractivity contribution in [3.63, 3.8) is 0 Å². The monoisotopic (exact) mass is 124 g/mol. The summed E-state index contributed by atoms with van der Waals surface area (Å²) in [6.07, 6.45) is 3.37. The maximum atomic E-state index is 10.00. The predicted octanol–water partition coefficient (Wildman–Crippen LogP) is 0.0179. The number of H-pyrrole nitrogens is 1. The second kappa shape index (κ2) is 2.39. The SMILES string of the molecule is CC([C]=O)c1c[nH]nn1. The van der Waals surface area contributed by atoms with Gasteiger partial charge >= 0.3 is 0 Å². The maximum absolute atomic E-state index is 10.00. The number of hydrogen-bond donors (Lipinski definition) is 1. The molecule has 1 aromatic rings. The minimum absolute atomic E-state index is 0.274. The van der Waals surface area contributed by atoms with E-state index >= 15 is 0 Å². The fraction of sp³-hybridized carbons (Fsp3) is 0.400. The summed E-state index contributed by atoms with van der Waals surface area (Å²) in [6, 6.07) is 0. The summed E-state index contributed by atoms with van der Waals surface area (Å²) in [5, 5.41) is 9.56. The molecule has 1 unspecified atom stereocenters. The molecule has 47 valence electrons. The average Bonchev–Trinajstić information content (AvgIpc) is 2.37. The van der Waals surface area contributed by atoms with Gasteiger partial charge in [-0.25, -0.2) is 0 Å². The van der Waals surface area contributed by atoms with E-state index in [1.807, 2.05) is 0 Å². The molecule has 0 saturated heterocycles. The van der Waals surface area contributed by atoms with E-state index in [1.165, 1.54) is 0 Å². The summed E-state index contributed by atoms with van der Waals surface area (Å²) < 4.78 is 0. The number of aromatic nitrogens is 3. The highest BCUT2D eigenvalue weighted by molar-refractivity contribution is 5.60. The molecular weight excluding hydrogens is 118 g/mol. The van der Waals surface area contributed by atoms with Crippen LogP contribution >= 0.6 is 0 Å². The molecule has 4 heteroatoms. The number of rotatable bonds is 2. The average molecular weight is 124 g/mol. The first kappa shape index (κ1) is 5.94. The minimum atomic E-state index is -0.274. The molecule has 0 bridgehead atoms. The van der Waals surface area contributed by atoms with Crippen LogP contribution in [0, 0.1) is 0 Å². The van der Waals surface area contributed by atoms with Crippen LogP contribution in [-0.4, -0.2) is 21.7 Å². The largest absolute Gasteiger partial charge is 0.290 e. The molecule has 4 nitrogen and oxygen atoms in total. The molecule has 0 aliphatic carbocycles. The Kier molecular flexibility index (Phi) is 1.58. The third-order valence-corrected chi connectivity index (χ3v) is 1.06. The first-order valence-corrected chi connectivity index (χ1v) is 2.58. The number of nitrogens with zero attached hydrogens (tertiary/aromatic N) is 2. The lowest BCUT2D eigenvalue weighted by atomic mass is 10.1. The molecule has 0 fully saturated rings. The van der Waals surface area contributed by atoms with E-state index in [0.29, 0.717) is 5.69 Å². The fourth-order valence-corrected chi connectivity index (χ4v) is 0.482. The van der Waals surface area contributed by atoms with Crippen molar-refractivity contribution in [3.05, 3.63) is 11.9 Å². The van der Waals surface area contributed by atoms with Gasteiger partial charge in [0.2, 0.25) is 6.29 Å². The predicted molar refractivity (Wildman–Crippen MR) is 30.5 cm³/mol. The van der Waals surface area contributed by atoms with E-state index in [4.69, 9.17) is 0 Å². The van der Waals surface area contributed by atoms with Crippen LogP contribution < -0.4 is 0 Å².